The Hall–Kier alpha value is -0.470. The van der Waals surface area contributed by atoms with E-state index in [1.807, 2.05) is 6.07 Å². The number of ether oxygens (including phenoxy) is 1. The Morgan fingerprint density at radius 3 is 3.00 bits per heavy atom. The van der Waals surface area contributed by atoms with E-state index in [1.165, 1.54) is 15.6 Å². The van der Waals surface area contributed by atoms with Gasteiger partial charge in [0.05, 0.1) is 6.61 Å². The van der Waals surface area contributed by atoms with Crippen molar-refractivity contribution in [1.82, 2.24) is 9.62 Å². The third-order valence-corrected chi connectivity index (χ3v) is 6.59. The van der Waals surface area contributed by atoms with E-state index in [1.54, 1.807) is 6.07 Å². The number of sulfonamides is 1. The molecule has 20 heavy (non-hydrogen) atoms. The highest BCUT2D eigenvalue weighted by Gasteiger charge is 2.26. The van der Waals surface area contributed by atoms with Crippen molar-refractivity contribution < 1.29 is 13.2 Å². The first-order chi connectivity index (χ1) is 9.64. The van der Waals surface area contributed by atoms with Crippen molar-refractivity contribution in [2.45, 2.75) is 30.5 Å². The van der Waals surface area contributed by atoms with Gasteiger partial charge in [0.1, 0.15) is 4.21 Å². The Morgan fingerprint density at radius 1 is 1.35 bits per heavy atom. The van der Waals surface area contributed by atoms with Crippen molar-refractivity contribution in [3.63, 3.8) is 0 Å². The lowest BCUT2D eigenvalue weighted by Crippen LogP contribution is -2.32. The highest BCUT2D eigenvalue weighted by atomic mass is 32.2. The SMILES string of the molecule is CCCNCc1ccc(S(=O)(=O)N2CCCOCC2)s1. The van der Waals surface area contributed by atoms with Crippen LogP contribution in [0.25, 0.3) is 0 Å². The van der Waals surface area contributed by atoms with Gasteiger partial charge in [-0.15, -0.1) is 11.3 Å². The van der Waals surface area contributed by atoms with Gasteiger partial charge in [-0.25, -0.2) is 8.42 Å². The summed E-state index contributed by atoms with van der Waals surface area (Å²) in [6.07, 6.45) is 1.83. The standard InChI is InChI=1S/C13H22N2O3S2/c1-2-6-14-11-12-4-5-13(19-12)20(16,17)15-7-3-9-18-10-8-15/h4-5,14H,2-3,6-11H2,1H3. The van der Waals surface area contributed by atoms with E-state index < -0.39 is 10.0 Å². The molecule has 1 saturated heterocycles. The Bertz CT molecular complexity index is 505. The van der Waals surface area contributed by atoms with Crippen LogP contribution in [0.5, 0.6) is 0 Å². The first kappa shape index (κ1) is 15.9. The summed E-state index contributed by atoms with van der Waals surface area (Å²) in [4.78, 5) is 1.06. The summed E-state index contributed by atoms with van der Waals surface area (Å²) in [5, 5.41) is 3.29. The number of hydrogen-bond donors (Lipinski definition) is 1. The number of hydrogen-bond acceptors (Lipinski definition) is 5. The van der Waals surface area contributed by atoms with Crippen LogP contribution >= 0.6 is 11.3 Å². The number of nitrogens with zero attached hydrogens (tertiary/aromatic N) is 1. The molecule has 1 aromatic heterocycles. The van der Waals surface area contributed by atoms with Crippen molar-refractivity contribution >= 4 is 21.4 Å². The van der Waals surface area contributed by atoms with Crippen molar-refractivity contribution in [2.24, 2.45) is 0 Å². The molecule has 2 rings (SSSR count). The molecule has 0 aliphatic carbocycles. The van der Waals surface area contributed by atoms with Gasteiger partial charge in [-0.1, -0.05) is 6.92 Å². The minimum absolute atomic E-state index is 0.438. The van der Waals surface area contributed by atoms with Gasteiger partial charge < -0.3 is 10.1 Å². The minimum atomic E-state index is -3.35. The second kappa shape index (κ2) is 7.51. The van der Waals surface area contributed by atoms with Gasteiger partial charge >= 0.3 is 0 Å². The third-order valence-electron chi connectivity index (χ3n) is 3.14. The molecule has 1 aromatic rings. The minimum Gasteiger partial charge on any atom is -0.380 e. The summed E-state index contributed by atoms with van der Waals surface area (Å²) in [6.45, 7) is 5.91. The summed E-state index contributed by atoms with van der Waals surface area (Å²) < 4.78 is 32.4. The van der Waals surface area contributed by atoms with E-state index in [0.717, 1.165) is 30.8 Å². The zero-order valence-corrected chi connectivity index (χ0v) is 13.4. The molecule has 0 atom stereocenters. The van der Waals surface area contributed by atoms with Gasteiger partial charge in [0, 0.05) is 31.1 Å². The predicted octanol–water partition coefficient (Wildman–Crippen LogP) is 1.66. The highest BCUT2D eigenvalue weighted by molar-refractivity contribution is 7.91. The molecule has 0 spiro atoms. The summed E-state index contributed by atoms with van der Waals surface area (Å²) >= 11 is 1.36. The van der Waals surface area contributed by atoms with Gasteiger partial charge in [0.2, 0.25) is 0 Å². The van der Waals surface area contributed by atoms with E-state index in [-0.39, 0.29) is 0 Å². The van der Waals surface area contributed by atoms with Crippen LogP contribution in [-0.4, -0.2) is 45.6 Å². The zero-order chi connectivity index (χ0) is 14.4. The maximum Gasteiger partial charge on any atom is 0.252 e. The maximum absolute atomic E-state index is 12.5. The molecule has 0 aromatic carbocycles. The Kier molecular flexibility index (Phi) is 5.98. The lowest BCUT2D eigenvalue weighted by Gasteiger charge is -2.17. The average molecular weight is 318 g/mol. The number of rotatable bonds is 6. The van der Waals surface area contributed by atoms with Gasteiger partial charge in [-0.05, 0) is 31.5 Å². The van der Waals surface area contributed by atoms with Crippen LogP contribution in [0.1, 0.15) is 24.6 Å². The van der Waals surface area contributed by atoms with Crippen LogP contribution in [-0.2, 0) is 21.3 Å². The average Bonchev–Trinajstić information content (AvgIpc) is 2.73. The van der Waals surface area contributed by atoms with Crippen molar-refractivity contribution in [3.8, 4) is 0 Å². The van der Waals surface area contributed by atoms with Gasteiger partial charge in [0.15, 0.2) is 0 Å². The molecule has 1 aliphatic rings. The van der Waals surface area contributed by atoms with Crippen LogP contribution in [0.3, 0.4) is 0 Å². The van der Waals surface area contributed by atoms with E-state index in [2.05, 4.69) is 12.2 Å². The Morgan fingerprint density at radius 2 is 2.20 bits per heavy atom. The Balaban J connectivity index is 2.05. The molecule has 0 saturated carbocycles. The van der Waals surface area contributed by atoms with E-state index in [9.17, 15) is 8.42 Å². The smallest absolute Gasteiger partial charge is 0.252 e. The first-order valence-electron chi connectivity index (χ1n) is 7.02. The normalized spacial score (nSPS) is 18.1. The fraction of sp³-hybridized carbons (Fsp3) is 0.692. The quantitative estimate of drug-likeness (QED) is 0.811. The van der Waals surface area contributed by atoms with Crippen LogP contribution in [0.15, 0.2) is 16.3 Å². The van der Waals surface area contributed by atoms with Gasteiger partial charge in [0.25, 0.3) is 10.0 Å². The number of thiophene rings is 1. The fourth-order valence-corrected chi connectivity index (χ4v) is 5.01. The number of nitrogens with one attached hydrogen (secondary N) is 1. The molecule has 2 heterocycles. The lowest BCUT2D eigenvalue weighted by molar-refractivity contribution is 0.148. The Labute approximate surface area is 125 Å². The molecule has 114 valence electrons. The van der Waals surface area contributed by atoms with Gasteiger partial charge in [-0.2, -0.15) is 4.31 Å². The fourth-order valence-electron chi connectivity index (χ4n) is 2.07. The van der Waals surface area contributed by atoms with Crippen molar-refractivity contribution in [1.29, 1.82) is 0 Å². The molecule has 0 bridgehead atoms. The highest BCUT2D eigenvalue weighted by Crippen LogP contribution is 2.25. The van der Waals surface area contributed by atoms with E-state index in [0.29, 0.717) is 30.5 Å². The van der Waals surface area contributed by atoms with Crippen LogP contribution in [0.4, 0.5) is 0 Å². The molecule has 0 unspecified atom stereocenters. The molecular formula is C13H22N2O3S2. The molecule has 1 aliphatic heterocycles. The topological polar surface area (TPSA) is 58.6 Å². The van der Waals surface area contributed by atoms with E-state index in [4.69, 9.17) is 4.74 Å². The molecule has 1 fully saturated rings. The predicted molar refractivity (Wildman–Crippen MR) is 80.5 cm³/mol. The van der Waals surface area contributed by atoms with Gasteiger partial charge in [-0.3, -0.25) is 0 Å². The maximum atomic E-state index is 12.5. The van der Waals surface area contributed by atoms with Crippen LogP contribution in [0, 0.1) is 0 Å². The largest absolute Gasteiger partial charge is 0.380 e. The molecule has 0 amide bonds. The van der Waals surface area contributed by atoms with E-state index >= 15 is 0 Å². The molecule has 1 N–H and O–H groups in total. The zero-order valence-electron chi connectivity index (χ0n) is 11.8. The molecule has 5 nitrogen and oxygen atoms in total. The second-order valence-electron chi connectivity index (χ2n) is 4.77. The molecule has 7 heteroatoms. The monoisotopic (exact) mass is 318 g/mol. The van der Waals surface area contributed by atoms with Crippen molar-refractivity contribution in [2.75, 3.05) is 32.8 Å². The second-order valence-corrected chi connectivity index (χ2v) is 8.10. The van der Waals surface area contributed by atoms with Crippen LogP contribution in [0.2, 0.25) is 0 Å². The third kappa shape index (κ3) is 4.02. The van der Waals surface area contributed by atoms with Crippen molar-refractivity contribution in [3.05, 3.63) is 17.0 Å². The molecule has 0 radical (unpaired) electrons. The molecular weight excluding hydrogens is 296 g/mol. The summed E-state index contributed by atoms with van der Waals surface area (Å²) in [7, 11) is -3.35. The lowest BCUT2D eigenvalue weighted by atomic mass is 10.4. The first-order valence-corrected chi connectivity index (χ1v) is 9.27. The summed E-state index contributed by atoms with van der Waals surface area (Å²) in [5.41, 5.74) is 0. The summed E-state index contributed by atoms with van der Waals surface area (Å²) in [6, 6.07) is 3.61. The van der Waals surface area contributed by atoms with Crippen LogP contribution < -0.4 is 5.32 Å². The summed E-state index contributed by atoms with van der Waals surface area (Å²) in [5.74, 6) is 0.